The van der Waals surface area contributed by atoms with Gasteiger partial charge in [0.25, 0.3) is 0 Å². The van der Waals surface area contributed by atoms with E-state index in [2.05, 4.69) is 34.3 Å². The summed E-state index contributed by atoms with van der Waals surface area (Å²) in [5, 5.41) is 0. The van der Waals surface area contributed by atoms with Crippen molar-refractivity contribution >= 4 is 36.0 Å². The predicted octanol–water partition coefficient (Wildman–Crippen LogP) is 15.4. The Kier molecular flexibility index (Phi) is 35.1. The second-order valence-corrected chi connectivity index (χ2v) is 19.2. The highest BCUT2D eigenvalue weighted by Gasteiger charge is 2.20. The summed E-state index contributed by atoms with van der Waals surface area (Å²) < 4.78 is 60.0. The van der Waals surface area contributed by atoms with Gasteiger partial charge in [-0.2, -0.15) is 0 Å². The Morgan fingerprint density at radius 1 is 0.410 bits per heavy atom. The number of carbonyl (C=O) groups excluding carboxylic acids is 4. The molecule has 1 atom stereocenters. The van der Waals surface area contributed by atoms with E-state index in [0.717, 1.165) is 115 Å². The molecule has 3 aromatic rings. The van der Waals surface area contributed by atoms with Crippen LogP contribution in [0.4, 0.5) is 0 Å². The topological polar surface area (TPSA) is 161 Å². The first-order valence-electron chi connectivity index (χ1n) is 29.0. The molecule has 0 bridgehead atoms. The van der Waals surface area contributed by atoms with Crippen LogP contribution in [0.1, 0.15) is 188 Å². The highest BCUT2D eigenvalue weighted by molar-refractivity contribution is 5.90. The molecule has 0 saturated carbocycles. The summed E-state index contributed by atoms with van der Waals surface area (Å²) in [6.07, 6.45) is 26.7. The Hall–Kier alpha value is -6.44. The van der Waals surface area contributed by atoms with Gasteiger partial charge in [-0.25, -0.2) is 14.4 Å². The van der Waals surface area contributed by atoms with E-state index in [1.54, 1.807) is 42.5 Å². The zero-order valence-corrected chi connectivity index (χ0v) is 48.0. The maximum absolute atomic E-state index is 13.3. The molecule has 0 aliphatic carbocycles. The van der Waals surface area contributed by atoms with Gasteiger partial charge in [0, 0.05) is 29.4 Å². The summed E-state index contributed by atoms with van der Waals surface area (Å²) in [6, 6.07) is 13.5. The first-order valence-corrected chi connectivity index (χ1v) is 29.0. The van der Waals surface area contributed by atoms with Crippen LogP contribution in [-0.2, 0) is 28.7 Å². The fourth-order valence-electron chi connectivity index (χ4n) is 7.67. The summed E-state index contributed by atoms with van der Waals surface area (Å²) in [7, 11) is 0. The third-order valence-electron chi connectivity index (χ3n) is 12.5. The van der Waals surface area contributed by atoms with Gasteiger partial charge in [0.05, 0.1) is 58.8 Å². The molecule has 3 rings (SSSR count). The first kappa shape index (κ1) is 65.8. The van der Waals surface area contributed by atoms with Gasteiger partial charge in [0.2, 0.25) is 11.5 Å². The van der Waals surface area contributed by atoms with Crippen molar-refractivity contribution in [2.45, 2.75) is 176 Å². The lowest BCUT2D eigenvalue weighted by molar-refractivity contribution is -0.148. The van der Waals surface area contributed by atoms with Crippen molar-refractivity contribution in [1.82, 2.24) is 0 Å². The molecule has 0 spiro atoms. The van der Waals surface area contributed by atoms with Crippen LogP contribution in [0.2, 0.25) is 0 Å². The number of hydrogen-bond donors (Lipinski definition) is 0. The second kappa shape index (κ2) is 41.6. The Balaban J connectivity index is 1.77. The summed E-state index contributed by atoms with van der Waals surface area (Å²) in [5.74, 6) is 1.48. The highest BCUT2D eigenvalue weighted by atomic mass is 16.6. The van der Waals surface area contributed by atoms with E-state index >= 15 is 0 Å². The standard InChI is InChI=1S/C64H92O14/c1-8-14-18-22-45-72-60-51(30-38-55(62(60)74-47-24-20-16-10-3)69-42-26-28-44-71-57(65)13-6)32-40-58(66)77-53-34-36-54(37-35-53)78-59(67)41-33-52-31-39-56(70-43-27-29-49-76-64(68)50(7)12-5)63(75-48-25-21-17-11-4)61(52)73-46-23-19-15-9-2/h13,30-41,50H,6,8-12,14-29,42-49H2,1-5,7H3/b40-32+,41-33+. The van der Waals surface area contributed by atoms with Gasteiger partial charge in [-0.15, -0.1) is 0 Å². The zero-order valence-electron chi connectivity index (χ0n) is 48.0. The van der Waals surface area contributed by atoms with Crippen molar-refractivity contribution in [3.05, 3.63) is 84.5 Å². The lowest BCUT2D eigenvalue weighted by Gasteiger charge is -2.19. The van der Waals surface area contributed by atoms with Crippen LogP contribution in [0.15, 0.2) is 73.3 Å². The van der Waals surface area contributed by atoms with Gasteiger partial charge in [-0.1, -0.05) is 125 Å². The van der Waals surface area contributed by atoms with Crippen LogP contribution in [0.25, 0.3) is 12.2 Å². The molecule has 0 radical (unpaired) electrons. The van der Waals surface area contributed by atoms with Crippen molar-refractivity contribution in [2.24, 2.45) is 5.92 Å². The second-order valence-electron chi connectivity index (χ2n) is 19.2. The number of ether oxygens (including phenoxy) is 10. The maximum Gasteiger partial charge on any atom is 0.336 e. The average Bonchev–Trinajstić information content (AvgIpc) is 3.46. The van der Waals surface area contributed by atoms with Gasteiger partial charge < -0.3 is 47.4 Å². The van der Waals surface area contributed by atoms with Crippen LogP contribution in [-0.4, -0.2) is 76.7 Å². The van der Waals surface area contributed by atoms with E-state index in [-0.39, 0.29) is 30.0 Å². The Morgan fingerprint density at radius 3 is 1.13 bits per heavy atom. The number of unbranched alkanes of at least 4 members (excludes halogenated alkanes) is 14. The largest absolute Gasteiger partial charge is 0.490 e. The zero-order chi connectivity index (χ0) is 56.4. The lowest BCUT2D eigenvalue weighted by Crippen LogP contribution is -2.15. The molecule has 0 fully saturated rings. The van der Waals surface area contributed by atoms with Crippen molar-refractivity contribution in [3.63, 3.8) is 0 Å². The lowest BCUT2D eigenvalue weighted by atomic mass is 10.1. The Labute approximate surface area is 466 Å². The molecule has 0 amide bonds. The van der Waals surface area contributed by atoms with Crippen LogP contribution < -0.4 is 37.9 Å². The monoisotopic (exact) mass is 1080 g/mol. The first-order chi connectivity index (χ1) is 38.1. The van der Waals surface area contributed by atoms with E-state index in [0.29, 0.717) is 118 Å². The number of rotatable bonds is 45. The van der Waals surface area contributed by atoms with Crippen LogP contribution in [0.3, 0.4) is 0 Å². The minimum absolute atomic E-state index is 0.124. The number of hydrogen-bond acceptors (Lipinski definition) is 14. The molecule has 0 heterocycles. The summed E-state index contributed by atoms with van der Waals surface area (Å²) in [5.41, 5.74) is 1.25. The van der Waals surface area contributed by atoms with E-state index in [9.17, 15) is 19.2 Å². The molecule has 3 aromatic carbocycles. The summed E-state index contributed by atoms with van der Waals surface area (Å²) >= 11 is 0. The highest BCUT2D eigenvalue weighted by Crippen LogP contribution is 2.43. The summed E-state index contributed by atoms with van der Waals surface area (Å²) in [6.45, 7) is 19.1. The fraction of sp³-hybridized carbons (Fsp3) is 0.562. The third kappa shape index (κ3) is 27.2. The quantitative estimate of drug-likeness (QED) is 0.0227. The molecule has 14 nitrogen and oxygen atoms in total. The number of carbonyl (C=O) groups is 4. The SMILES string of the molecule is C=CC(=O)OCCCCOc1ccc(/C=C/C(=O)Oc2ccc(OC(=O)/C=C/c3ccc(OCCCCOC(=O)C(C)CC)c(OCCCCCC)c3OCCCCCC)cc2)c(OCCCCCC)c1OCCCCCC. The van der Waals surface area contributed by atoms with E-state index in [1.165, 1.54) is 12.2 Å². The molecule has 0 saturated heterocycles. The van der Waals surface area contributed by atoms with E-state index in [1.807, 2.05) is 32.0 Å². The minimum atomic E-state index is -0.625. The fourth-order valence-corrected chi connectivity index (χ4v) is 7.67. The van der Waals surface area contributed by atoms with Crippen LogP contribution >= 0.6 is 0 Å². The van der Waals surface area contributed by atoms with Crippen molar-refractivity contribution in [1.29, 1.82) is 0 Å². The van der Waals surface area contributed by atoms with Crippen LogP contribution in [0.5, 0.6) is 46.0 Å². The third-order valence-corrected chi connectivity index (χ3v) is 12.5. The van der Waals surface area contributed by atoms with Gasteiger partial charge in [-0.05, 0) is 118 Å². The average molecular weight is 1090 g/mol. The molecule has 0 aliphatic rings. The van der Waals surface area contributed by atoms with Gasteiger partial charge in [0.1, 0.15) is 11.5 Å². The molecular weight excluding hydrogens is 993 g/mol. The van der Waals surface area contributed by atoms with Crippen molar-refractivity contribution in [2.75, 3.05) is 52.9 Å². The molecule has 432 valence electrons. The summed E-state index contributed by atoms with van der Waals surface area (Å²) in [4.78, 5) is 50.1. The molecule has 0 aromatic heterocycles. The van der Waals surface area contributed by atoms with Gasteiger partial charge in [0.15, 0.2) is 23.0 Å². The smallest absolute Gasteiger partial charge is 0.336 e. The maximum atomic E-state index is 13.3. The Bertz CT molecular complexity index is 2230. The van der Waals surface area contributed by atoms with Crippen LogP contribution in [0, 0.1) is 5.92 Å². The minimum Gasteiger partial charge on any atom is -0.490 e. The number of esters is 4. The van der Waals surface area contributed by atoms with E-state index < -0.39 is 17.9 Å². The van der Waals surface area contributed by atoms with E-state index in [4.69, 9.17) is 47.4 Å². The number of benzene rings is 3. The molecular formula is C64H92O14. The molecule has 0 aliphatic heterocycles. The molecule has 1 unspecified atom stereocenters. The Morgan fingerprint density at radius 2 is 0.756 bits per heavy atom. The van der Waals surface area contributed by atoms with Crippen molar-refractivity contribution in [3.8, 4) is 46.0 Å². The molecule has 0 N–H and O–H groups in total. The normalized spacial score (nSPS) is 11.5. The molecule has 78 heavy (non-hydrogen) atoms. The van der Waals surface area contributed by atoms with Crippen molar-refractivity contribution < 1.29 is 66.5 Å². The predicted molar refractivity (Wildman–Crippen MR) is 308 cm³/mol. The van der Waals surface area contributed by atoms with Gasteiger partial charge in [-0.3, -0.25) is 4.79 Å². The molecule has 14 heteroatoms. The van der Waals surface area contributed by atoms with Gasteiger partial charge >= 0.3 is 23.9 Å².